The maximum absolute atomic E-state index is 5.97. The first-order valence-corrected chi connectivity index (χ1v) is 8.17. The number of likely N-dealkylation sites (tertiary alicyclic amines) is 1. The molecule has 2 atom stereocenters. The van der Waals surface area contributed by atoms with Crippen molar-refractivity contribution in [2.24, 2.45) is 11.7 Å². The van der Waals surface area contributed by atoms with Crippen LogP contribution in [0.3, 0.4) is 0 Å². The van der Waals surface area contributed by atoms with Gasteiger partial charge in [-0.3, -0.25) is 9.58 Å². The number of rotatable bonds is 6. The summed E-state index contributed by atoms with van der Waals surface area (Å²) in [6.45, 7) is 9.64. The molecule has 0 radical (unpaired) electrons. The Bertz CT molecular complexity index is 397. The molecule has 20 heavy (non-hydrogen) atoms. The Kier molecular flexibility index (Phi) is 5.61. The monoisotopic (exact) mass is 278 g/mol. The van der Waals surface area contributed by atoms with Gasteiger partial charge in [0.15, 0.2) is 0 Å². The van der Waals surface area contributed by atoms with E-state index in [1.807, 2.05) is 0 Å². The summed E-state index contributed by atoms with van der Waals surface area (Å²) in [5, 5.41) is 4.77. The summed E-state index contributed by atoms with van der Waals surface area (Å²) in [6.07, 6.45) is 7.01. The zero-order chi connectivity index (χ0) is 14.5. The highest BCUT2D eigenvalue weighted by atomic mass is 15.3. The molecule has 0 bridgehead atoms. The fourth-order valence-electron chi connectivity index (χ4n) is 3.45. The van der Waals surface area contributed by atoms with Crippen molar-refractivity contribution in [2.75, 3.05) is 13.1 Å². The Balaban J connectivity index is 2.02. The van der Waals surface area contributed by atoms with E-state index in [0.29, 0.717) is 18.0 Å². The van der Waals surface area contributed by atoms with Crippen LogP contribution in [0, 0.1) is 5.92 Å². The molecular formula is C16H30N4. The molecular weight excluding hydrogens is 248 g/mol. The van der Waals surface area contributed by atoms with Gasteiger partial charge in [0, 0.05) is 25.3 Å². The third kappa shape index (κ3) is 3.41. The molecule has 2 unspecified atom stereocenters. The van der Waals surface area contributed by atoms with Crippen molar-refractivity contribution >= 4 is 0 Å². The predicted octanol–water partition coefficient (Wildman–Crippen LogP) is 2.80. The van der Waals surface area contributed by atoms with Gasteiger partial charge in [0.2, 0.25) is 0 Å². The molecule has 1 aliphatic rings. The van der Waals surface area contributed by atoms with Crippen LogP contribution in [0.4, 0.5) is 0 Å². The van der Waals surface area contributed by atoms with Crippen molar-refractivity contribution in [2.45, 2.75) is 65.1 Å². The van der Waals surface area contributed by atoms with Crippen molar-refractivity contribution in [1.29, 1.82) is 0 Å². The van der Waals surface area contributed by atoms with E-state index in [9.17, 15) is 0 Å². The summed E-state index contributed by atoms with van der Waals surface area (Å²) in [5.41, 5.74) is 7.15. The van der Waals surface area contributed by atoms with Gasteiger partial charge in [-0.25, -0.2) is 0 Å². The van der Waals surface area contributed by atoms with E-state index in [1.165, 1.54) is 18.5 Å². The summed E-state index contributed by atoms with van der Waals surface area (Å²) in [4.78, 5) is 2.52. The number of nitrogens with zero attached hydrogens (tertiary/aromatic N) is 3. The Morgan fingerprint density at radius 2 is 2.15 bits per heavy atom. The second-order valence-electron chi connectivity index (χ2n) is 6.15. The molecule has 4 nitrogen and oxygen atoms in total. The first kappa shape index (κ1) is 15.5. The van der Waals surface area contributed by atoms with Crippen LogP contribution in [-0.2, 0) is 6.54 Å². The van der Waals surface area contributed by atoms with Crippen LogP contribution in [0.15, 0.2) is 12.3 Å². The molecule has 114 valence electrons. The van der Waals surface area contributed by atoms with Gasteiger partial charge in [-0.1, -0.05) is 20.8 Å². The lowest BCUT2D eigenvalue weighted by Gasteiger charge is -2.39. The highest BCUT2D eigenvalue weighted by Gasteiger charge is 2.27. The molecule has 0 aromatic carbocycles. The van der Waals surface area contributed by atoms with Gasteiger partial charge in [0.25, 0.3) is 0 Å². The van der Waals surface area contributed by atoms with E-state index in [-0.39, 0.29) is 0 Å². The topological polar surface area (TPSA) is 47.1 Å². The Morgan fingerprint density at radius 3 is 2.80 bits per heavy atom. The summed E-state index contributed by atoms with van der Waals surface area (Å²) in [6, 6.07) is 3.22. The Hall–Kier alpha value is -0.870. The van der Waals surface area contributed by atoms with Crippen molar-refractivity contribution in [3.05, 3.63) is 18.0 Å². The van der Waals surface area contributed by atoms with Gasteiger partial charge < -0.3 is 5.73 Å². The number of hydrogen-bond donors (Lipinski definition) is 1. The maximum atomic E-state index is 5.97. The van der Waals surface area contributed by atoms with E-state index >= 15 is 0 Å². The highest BCUT2D eigenvalue weighted by Crippen LogP contribution is 2.24. The van der Waals surface area contributed by atoms with Gasteiger partial charge in [-0.15, -0.1) is 0 Å². The normalized spacial score (nSPS) is 24.4. The van der Waals surface area contributed by atoms with Crippen LogP contribution in [0.25, 0.3) is 0 Å². The molecule has 0 aliphatic carbocycles. The van der Waals surface area contributed by atoms with Gasteiger partial charge >= 0.3 is 0 Å². The molecule has 2 rings (SSSR count). The van der Waals surface area contributed by atoms with E-state index in [0.717, 1.165) is 32.5 Å². The molecule has 1 fully saturated rings. The van der Waals surface area contributed by atoms with E-state index in [4.69, 9.17) is 10.8 Å². The smallest absolute Gasteiger partial charge is 0.0765 e. The SMILES string of the molecule is CCC(CC)n1ccc(CN2CCCC(C)C2CN)n1. The standard InChI is InChI=1S/C16H30N4/c1-4-15(5-2)20-10-8-14(18-20)12-19-9-6-7-13(3)16(19)11-17/h8,10,13,15-16H,4-7,9,11-12,17H2,1-3H3. The van der Waals surface area contributed by atoms with E-state index < -0.39 is 0 Å². The quantitative estimate of drug-likeness (QED) is 0.870. The Morgan fingerprint density at radius 1 is 1.40 bits per heavy atom. The van der Waals surface area contributed by atoms with Gasteiger partial charge in [0.05, 0.1) is 11.7 Å². The summed E-state index contributed by atoms with van der Waals surface area (Å²) < 4.78 is 2.14. The molecule has 0 amide bonds. The first-order valence-electron chi connectivity index (χ1n) is 8.17. The lowest BCUT2D eigenvalue weighted by Crippen LogP contribution is -2.48. The van der Waals surface area contributed by atoms with Crippen LogP contribution in [0.1, 0.15) is 58.2 Å². The molecule has 1 aromatic rings. The summed E-state index contributed by atoms with van der Waals surface area (Å²) in [7, 11) is 0. The molecule has 1 saturated heterocycles. The molecule has 4 heteroatoms. The summed E-state index contributed by atoms with van der Waals surface area (Å²) in [5.74, 6) is 0.704. The number of piperidine rings is 1. The molecule has 1 aromatic heterocycles. The minimum atomic E-state index is 0.516. The predicted molar refractivity (Wildman–Crippen MR) is 83.5 cm³/mol. The lowest BCUT2D eigenvalue weighted by molar-refractivity contribution is 0.0974. The second kappa shape index (κ2) is 7.23. The highest BCUT2D eigenvalue weighted by molar-refractivity contribution is 5.01. The average molecular weight is 278 g/mol. The van der Waals surface area contributed by atoms with Crippen LogP contribution in [0.2, 0.25) is 0 Å². The van der Waals surface area contributed by atoms with Crippen LogP contribution >= 0.6 is 0 Å². The van der Waals surface area contributed by atoms with Gasteiger partial charge in [-0.2, -0.15) is 5.10 Å². The Labute approximate surface area is 123 Å². The fourth-order valence-corrected chi connectivity index (χ4v) is 3.45. The molecule has 1 aliphatic heterocycles. The maximum Gasteiger partial charge on any atom is 0.0765 e. The molecule has 2 heterocycles. The molecule has 0 spiro atoms. The van der Waals surface area contributed by atoms with Crippen molar-refractivity contribution in [1.82, 2.24) is 14.7 Å². The zero-order valence-corrected chi connectivity index (χ0v) is 13.3. The van der Waals surface area contributed by atoms with E-state index in [2.05, 4.69) is 42.6 Å². The van der Waals surface area contributed by atoms with Crippen LogP contribution in [0.5, 0.6) is 0 Å². The van der Waals surface area contributed by atoms with Crippen LogP contribution < -0.4 is 5.73 Å². The van der Waals surface area contributed by atoms with Gasteiger partial charge in [0.1, 0.15) is 0 Å². The molecule has 2 N–H and O–H groups in total. The fraction of sp³-hybridized carbons (Fsp3) is 0.812. The number of aromatic nitrogens is 2. The third-order valence-corrected chi connectivity index (χ3v) is 4.82. The summed E-state index contributed by atoms with van der Waals surface area (Å²) >= 11 is 0. The third-order valence-electron chi connectivity index (χ3n) is 4.82. The van der Waals surface area contributed by atoms with Crippen LogP contribution in [-0.4, -0.2) is 33.8 Å². The number of hydrogen-bond acceptors (Lipinski definition) is 3. The first-order chi connectivity index (χ1) is 9.69. The largest absolute Gasteiger partial charge is 0.329 e. The van der Waals surface area contributed by atoms with Gasteiger partial charge in [-0.05, 0) is 44.2 Å². The lowest BCUT2D eigenvalue weighted by atomic mass is 9.91. The molecule has 0 saturated carbocycles. The van der Waals surface area contributed by atoms with Crippen molar-refractivity contribution < 1.29 is 0 Å². The zero-order valence-electron chi connectivity index (χ0n) is 13.3. The minimum Gasteiger partial charge on any atom is -0.329 e. The second-order valence-corrected chi connectivity index (χ2v) is 6.15. The van der Waals surface area contributed by atoms with E-state index in [1.54, 1.807) is 0 Å². The van der Waals surface area contributed by atoms with Crippen molar-refractivity contribution in [3.63, 3.8) is 0 Å². The minimum absolute atomic E-state index is 0.516. The number of nitrogens with two attached hydrogens (primary N) is 1. The average Bonchev–Trinajstić information content (AvgIpc) is 2.89. The van der Waals surface area contributed by atoms with Crippen molar-refractivity contribution in [3.8, 4) is 0 Å².